The van der Waals surface area contributed by atoms with E-state index in [4.69, 9.17) is 16.3 Å². The van der Waals surface area contributed by atoms with Gasteiger partial charge in [-0.2, -0.15) is 5.10 Å². The van der Waals surface area contributed by atoms with Gasteiger partial charge in [0.2, 0.25) is 5.91 Å². The number of aromatic nitrogens is 2. The molecular weight excluding hydrogens is 314 g/mol. The number of benzene rings is 1. The van der Waals surface area contributed by atoms with Crippen molar-refractivity contribution in [1.82, 2.24) is 9.78 Å². The summed E-state index contributed by atoms with van der Waals surface area (Å²) in [5.41, 5.74) is 1.84. The zero-order valence-corrected chi connectivity index (χ0v) is 13.4. The van der Waals surface area contributed by atoms with Crippen molar-refractivity contribution in [3.05, 3.63) is 47.2 Å². The summed E-state index contributed by atoms with van der Waals surface area (Å²) in [5.74, 6) is 0.470. The number of carbonyl (C=O) groups excluding carboxylic acids is 1. The van der Waals surface area contributed by atoms with E-state index in [0.29, 0.717) is 12.5 Å². The predicted octanol–water partition coefficient (Wildman–Crippen LogP) is 2.95. The van der Waals surface area contributed by atoms with Gasteiger partial charge < -0.3 is 10.1 Å². The van der Waals surface area contributed by atoms with Crippen LogP contribution in [-0.4, -0.2) is 28.4 Å². The van der Waals surface area contributed by atoms with Crippen LogP contribution in [0.1, 0.15) is 18.4 Å². The largest absolute Gasteiger partial charge is 0.377 e. The quantitative estimate of drug-likeness (QED) is 0.937. The molecule has 1 amide bonds. The Labute approximate surface area is 139 Å². The van der Waals surface area contributed by atoms with Crippen molar-refractivity contribution < 1.29 is 9.53 Å². The van der Waals surface area contributed by atoms with Gasteiger partial charge >= 0.3 is 0 Å². The summed E-state index contributed by atoms with van der Waals surface area (Å²) in [6, 6.07) is 7.65. The van der Waals surface area contributed by atoms with Crippen LogP contribution in [0.3, 0.4) is 0 Å². The summed E-state index contributed by atoms with van der Waals surface area (Å²) in [6.07, 6.45) is 5.82. The van der Waals surface area contributed by atoms with Crippen molar-refractivity contribution in [3.8, 4) is 0 Å². The van der Waals surface area contributed by atoms with Gasteiger partial charge in [-0.25, -0.2) is 0 Å². The maximum atomic E-state index is 12.3. The van der Waals surface area contributed by atoms with Gasteiger partial charge in [0, 0.05) is 23.7 Å². The second kappa shape index (κ2) is 5.98. The number of fused-ring (bicyclic) bond motifs is 1. The van der Waals surface area contributed by atoms with E-state index >= 15 is 0 Å². The molecule has 1 aliphatic heterocycles. The minimum atomic E-state index is 0.0112. The lowest BCUT2D eigenvalue weighted by molar-refractivity contribution is -0.118. The summed E-state index contributed by atoms with van der Waals surface area (Å²) >= 11 is 5.88. The number of ether oxygens (including phenoxy) is 1. The Balaban J connectivity index is 1.36. The van der Waals surface area contributed by atoms with Crippen molar-refractivity contribution in [2.45, 2.75) is 25.5 Å². The lowest BCUT2D eigenvalue weighted by atomic mass is 10.2. The Morgan fingerprint density at radius 1 is 1.39 bits per heavy atom. The number of halogens is 1. The minimum Gasteiger partial charge on any atom is -0.377 e. The topological polar surface area (TPSA) is 56.2 Å². The molecule has 2 heterocycles. The number of nitrogens with zero attached hydrogens (tertiary/aromatic N) is 2. The van der Waals surface area contributed by atoms with Gasteiger partial charge in [-0.15, -0.1) is 0 Å². The molecule has 0 radical (unpaired) electrons. The zero-order valence-electron chi connectivity index (χ0n) is 12.6. The Morgan fingerprint density at radius 2 is 2.22 bits per heavy atom. The van der Waals surface area contributed by atoms with Gasteiger partial charge in [0.15, 0.2) is 0 Å². The normalized spacial score (nSPS) is 25.7. The molecule has 2 fully saturated rings. The zero-order chi connectivity index (χ0) is 15.8. The van der Waals surface area contributed by atoms with Crippen LogP contribution in [-0.2, 0) is 16.1 Å². The molecule has 23 heavy (non-hydrogen) atoms. The fourth-order valence-electron chi connectivity index (χ4n) is 3.31. The van der Waals surface area contributed by atoms with Gasteiger partial charge in [-0.3, -0.25) is 9.48 Å². The first kappa shape index (κ1) is 14.7. The standard InChI is InChI=1S/C17H18ClN3O2/c18-12-5-3-11(4-6-12)9-21-10-13(8-19-21)20-17(22)15-14-2-1-7-23-16(14)15/h3-6,8,10,14-16H,1-2,7,9H2,(H,20,22)/t14-,15-,16-/m1/s1. The van der Waals surface area contributed by atoms with E-state index in [-0.39, 0.29) is 17.9 Å². The fourth-order valence-corrected chi connectivity index (χ4v) is 3.44. The molecule has 1 N–H and O–H groups in total. The van der Waals surface area contributed by atoms with Crippen LogP contribution in [0.25, 0.3) is 0 Å². The van der Waals surface area contributed by atoms with Gasteiger partial charge in [-0.1, -0.05) is 23.7 Å². The number of anilines is 1. The smallest absolute Gasteiger partial charge is 0.230 e. The maximum Gasteiger partial charge on any atom is 0.230 e. The van der Waals surface area contributed by atoms with Gasteiger partial charge in [0.1, 0.15) is 0 Å². The van der Waals surface area contributed by atoms with Crippen LogP contribution in [0, 0.1) is 11.8 Å². The van der Waals surface area contributed by atoms with E-state index in [1.54, 1.807) is 10.9 Å². The third kappa shape index (κ3) is 3.12. The molecular formula is C17H18ClN3O2. The number of nitrogens with one attached hydrogen (secondary N) is 1. The average molecular weight is 332 g/mol. The molecule has 0 spiro atoms. The van der Waals surface area contributed by atoms with Crippen LogP contribution in [0.5, 0.6) is 0 Å². The lowest BCUT2D eigenvalue weighted by Crippen LogP contribution is -2.16. The SMILES string of the molecule is O=C(Nc1cnn(Cc2ccc(Cl)cc2)c1)[C@@H]1[C@H]2CCCO[C@H]21. The summed E-state index contributed by atoms with van der Waals surface area (Å²) in [4.78, 5) is 12.3. The Bertz CT molecular complexity index is 701. The van der Waals surface area contributed by atoms with E-state index in [9.17, 15) is 4.79 Å². The average Bonchev–Trinajstić information content (AvgIpc) is 3.14. The highest BCUT2D eigenvalue weighted by Crippen LogP contribution is 2.48. The van der Waals surface area contributed by atoms with E-state index in [1.807, 2.05) is 30.5 Å². The monoisotopic (exact) mass is 331 g/mol. The van der Waals surface area contributed by atoms with E-state index in [1.165, 1.54) is 0 Å². The Hall–Kier alpha value is -1.85. The third-order valence-electron chi connectivity index (χ3n) is 4.55. The number of hydrogen-bond donors (Lipinski definition) is 1. The molecule has 1 aliphatic carbocycles. The highest BCUT2D eigenvalue weighted by molar-refractivity contribution is 6.30. The number of rotatable bonds is 4. The van der Waals surface area contributed by atoms with Crippen LogP contribution >= 0.6 is 11.6 Å². The Morgan fingerprint density at radius 3 is 2.96 bits per heavy atom. The molecule has 5 nitrogen and oxygen atoms in total. The second-order valence-corrected chi connectivity index (χ2v) is 6.65. The molecule has 6 heteroatoms. The summed E-state index contributed by atoms with van der Waals surface area (Å²) in [7, 11) is 0. The number of hydrogen-bond acceptors (Lipinski definition) is 3. The highest BCUT2D eigenvalue weighted by Gasteiger charge is 2.56. The highest BCUT2D eigenvalue weighted by atomic mass is 35.5. The lowest BCUT2D eigenvalue weighted by Gasteiger charge is -2.07. The van der Waals surface area contributed by atoms with Crippen molar-refractivity contribution in [2.24, 2.45) is 11.8 Å². The summed E-state index contributed by atoms with van der Waals surface area (Å²) < 4.78 is 7.43. The van der Waals surface area contributed by atoms with Crippen molar-refractivity contribution >= 4 is 23.2 Å². The number of amides is 1. The molecule has 0 unspecified atom stereocenters. The first-order valence-electron chi connectivity index (χ1n) is 7.90. The molecule has 0 bridgehead atoms. The Kier molecular flexibility index (Phi) is 3.83. The predicted molar refractivity (Wildman–Crippen MR) is 87.4 cm³/mol. The molecule has 1 aromatic carbocycles. The molecule has 2 aliphatic rings. The maximum absolute atomic E-state index is 12.3. The number of carbonyl (C=O) groups is 1. The van der Waals surface area contributed by atoms with Gasteiger partial charge in [0.05, 0.1) is 30.5 Å². The molecule has 3 atom stereocenters. The van der Waals surface area contributed by atoms with Crippen LogP contribution in [0.4, 0.5) is 5.69 Å². The molecule has 2 aromatic rings. The van der Waals surface area contributed by atoms with E-state index in [0.717, 1.165) is 35.7 Å². The molecule has 4 rings (SSSR count). The van der Waals surface area contributed by atoms with E-state index < -0.39 is 0 Å². The van der Waals surface area contributed by atoms with Crippen molar-refractivity contribution in [1.29, 1.82) is 0 Å². The third-order valence-corrected chi connectivity index (χ3v) is 4.80. The second-order valence-electron chi connectivity index (χ2n) is 6.21. The first-order chi connectivity index (χ1) is 11.2. The van der Waals surface area contributed by atoms with Crippen molar-refractivity contribution in [2.75, 3.05) is 11.9 Å². The fraction of sp³-hybridized carbons (Fsp3) is 0.412. The van der Waals surface area contributed by atoms with Gasteiger partial charge in [0.25, 0.3) is 0 Å². The molecule has 120 valence electrons. The summed E-state index contributed by atoms with van der Waals surface area (Å²) in [5, 5.41) is 7.97. The molecule has 1 saturated carbocycles. The van der Waals surface area contributed by atoms with E-state index in [2.05, 4.69) is 10.4 Å². The first-order valence-corrected chi connectivity index (χ1v) is 8.28. The van der Waals surface area contributed by atoms with Crippen LogP contribution in [0.2, 0.25) is 5.02 Å². The summed E-state index contributed by atoms with van der Waals surface area (Å²) in [6.45, 7) is 1.43. The van der Waals surface area contributed by atoms with Crippen LogP contribution in [0.15, 0.2) is 36.7 Å². The van der Waals surface area contributed by atoms with Crippen molar-refractivity contribution in [3.63, 3.8) is 0 Å². The van der Waals surface area contributed by atoms with Gasteiger partial charge in [-0.05, 0) is 30.5 Å². The molecule has 1 aromatic heterocycles. The minimum absolute atomic E-state index is 0.0112. The van der Waals surface area contributed by atoms with Crippen LogP contribution < -0.4 is 5.32 Å². The molecule has 1 saturated heterocycles.